The van der Waals surface area contributed by atoms with Gasteiger partial charge in [0.05, 0.1) is 0 Å². The monoisotopic (exact) mass is 379 g/mol. The lowest BCUT2D eigenvalue weighted by Gasteiger charge is -2.34. The Morgan fingerprint density at radius 2 is 2.19 bits per heavy atom. The fourth-order valence-corrected chi connectivity index (χ4v) is 3.19. The molecule has 2 heterocycles. The van der Waals surface area contributed by atoms with Crippen LogP contribution in [0, 0.1) is 11.6 Å². The van der Waals surface area contributed by atoms with Crippen LogP contribution in [0.1, 0.15) is 35.5 Å². The molecule has 0 N–H and O–H groups in total. The van der Waals surface area contributed by atoms with Gasteiger partial charge in [-0.1, -0.05) is 11.6 Å². The van der Waals surface area contributed by atoms with Crippen LogP contribution < -0.4 is 4.74 Å². The highest BCUT2D eigenvalue weighted by molar-refractivity contribution is 5.92. The lowest BCUT2D eigenvalue weighted by atomic mass is 10.0. The van der Waals surface area contributed by atoms with Gasteiger partial charge in [-0.3, -0.25) is 4.79 Å². The Labute approximate surface area is 156 Å². The summed E-state index contributed by atoms with van der Waals surface area (Å²) < 4.78 is 36.8. The lowest BCUT2D eigenvalue weighted by Crippen LogP contribution is -2.45. The number of likely N-dealkylation sites (N-methyl/N-ethyl adjacent to an activating group) is 2. The van der Waals surface area contributed by atoms with Gasteiger partial charge >= 0.3 is 0 Å². The van der Waals surface area contributed by atoms with Crippen LogP contribution in [0.4, 0.5) is 8.78 Å². The molecule has 1 saturated heterocycles. The van der Waals surface area contributed by atoms with Crippen molar-refractivity contribution in [2.45, 2.75) is 31.9 Å². The summed E-state index contributed by atoms with van der Waals surface area (Å²) in [7, 11) is 3.81. The molecule has 1 fully saturated rings. The number of aromatic nitrogens is 1. The Morgan fingerprint density at radius 3 is 2.93 bits per heavy atom. The largest absolute Gasteiger partial charge is 0.482 e. The second kappa shape index (κ2) is 8.47. The van der Waals surface area contributed by atoms with Gasteiger partial charge in [-0.25, -0.2) is 8.78 Å². The predicted octanol–water partition coefficient (Wildman–Crippen LogP) is 3.09. The van der Waals surface area contributed by atoms with E-state index in [4.69, 9.17) is 9.26 Å². The molecule has 1 aromatic carbocycles. The molecule has 2 aromatic rings. The summed E-state index contributed by atoms with van der Waals surface area (Å²) in [5.74, 6) is -1.54. The maximum atomic E-state index is 13.6. The number of hydrogen-bond acceptors (Lipinski definition) is 5. The molecule has 0 radical (unpaired) electrons. The van der Waals surface area contributed by atoms with E-state index in [1.807, 2.05) is 0 Å². The van der Waals surface area contributed by atoms with E-state index < -0.39 is 11.6 Å². The molecule has 1 unspecified atom stereocenters. The fourth-order valence-electron chi connectivity index (χ4n) is 3.19. The molecule has 0 bridgehead atoms. The smallest absolute Gasteiger partial charge is 0.275 e. The number of hydrogen-bond donors (Lipinski definition) is 0. The van der Waals surface area contributed by atoms with Gasteiger partial charge in [0.1, 0.15) is 12.4 Å². The normalized spacial score (nSPS) is 17.7. The van der Waals surface area contributed by atoms with Crippen molar-refractivity contribution in [2.24, 2.45) is 0 Å². The lowest BCUT2D eigenvalue weighted by molar-refractivity contribution is 0.0707. The molecule has 1 aromatic heterocycles. The van der Waals surface area contributed by atoms with Gasteiger partial charge in [0.2, 0.25) is 0 Å². The van der Waals surface area contributed by atoms with Crippen LogP contribution in [0.15, 0.2) is 28.8 Å². The van der Waals surface area contributed by atoms with Gasteiger partial charge in [-0.2, -0.15) is 0 Å². The number of ether oxygens (including phenoxy) is 1. The molecule has 146 valence electrons. The molecule has 0 saturated carbocycles. The minimum absolute atomic E-state index is 0.0990. The Kier molecular flexibility index (Phi) is 6.05. The van der Waals surface area contributed by atoms with Crippen molar-refractivity contribution in [2.75, 3.05) is 27.2 Å². The highest BCUT2D eigenvalue weighted by atomic mass is 19.1. The van der Waals surface area contributed by atoms with Gasteiger partial charge in [-0.05, 0) is 38.6 Å². The molecule has 1 aliphatic heterocycles. The summed E-state index contributed by atoms with van der Waals surface area (Å²) in [6, 6.07) is 4.85. The Morgan fingerprint density at radius 1 is 1.37 bits per heavy atom. The van der Waals surface area contributed by atoms with Crippen molar-refractivity contribution >= 4 is 5.91 Å². The quantitative estimate of drug-likeness (QED) is 0.772. The third kappa shape index (κ3) is 4.82. The maximum Gasteiger partial charge on any atom is 0.275 e. The third-order valence-corrected chi connectivity index (χ3v) is 4.79. The van der Waals surface area contributed by atoms with E-state index in [9.17, 15) is 13.6 Å². The third-order valence-electron chi connectivity index (χ3n) is 4.79. The number of rotatable bonds is 6. The maximum absolute atomic E-state index is 13.6. The second-order valence-corrected chi connectivity index (χ2v) is 6.86. The van der Waals surface area contributed by atoms with E-state index >= 15 is 0 Å². The molecule has 0 aliphatic carbocycles. The molecule has 8 heteroatoms. The molecule has 6 nitrogen and oxygen atoms in total. The molecule has 1 aliphatic rings. The number of carbonyl (C=O) groups excluding carboxylic acids is 1. The van der Waals surface area contributed by atoms with Gasteiger partial charge in [-0.15, -0.1) is 0 Å². The number of amides is 1. The van der Waals surface area contributed by atoms with E-state index in [1.54, 1.807) is 11.9 Å². The number of likely N-dealkylation sites (tertiary alicyclic amines) is 1. The highest BCUT2D eigenvalue weighted by Crippen LogP contribution is 2.20. The first kappa shape index (κ1) is 19.3. The van der Waals surface area contributed by atoms with Gasteiger partial charge in [0, 0.05) is 31.8 Å². The van der Waals surface area contributed by atoms with Crippen molar-refractivity contribution in [1.29, 1.82) is 0 Å². The SMILES string of the molecule is CN(CC1CCCCN1C)C(=O)c1cc(COc2ccc(F)cc2F)on1. The molecule has 0 spiro atoms. The van der Waals surface area contributed by atoms with Crippen LogP contribution >= 0.6 is 0 Å². The molecule has 3 rings (SSSR count). The molecular formula is C19H23F2N3O3. The minimum Gasteiger partial charge on any atom is -0.482 e. The average molecular weight is 379 g/mol. The number of benzene rings is 1. The van der Waals surface area contributed by atoms with E-state index in [0.717, 1.165) is 25.1 Å². The van der Waals surface area contributed by atoms with Crippen molar-refractivity contribution in [3.05, 3.63) is 47.4 Å². The Balaban J connectivity index is 1.56. The Hall–Kier alpha value is -2.48. The minimum atomic E-state index is -0.804. The predicted molar refractivity (Wildman–Crippen MR) is 94.4 cm³/mol. The van der Waals surface area contributed by atoms with Crippen molar-refractivity contribution in [1.82, 2.24) is 15.0 Å². The summed E-state index contributed by atoms with van der Waals surface area (Å²) in [5.41, 5.74) is 0.175. The zero-order chi connectivity index (χ0) is 19.4. The van der Waals surface area contributed by atoms with Crippen molar-refractivity contribution in [3.63, 3.8) is 0 Å². The molecular weight excluding hydrogens is 356 g/mol. The van der Waals surface area contributed by atoms with Gasteiger partial charge < -0.3 is 19.1 Å². The van der Waals surface area contributed by atoms with Crippen LogP contribution in [0.5, 0.6) is 5.75 Å². The zero-order valence-corrected chi connectivity index (χ0v) is 15.5. The summed E-state index contributed by atoms with van der Waals surface area (Å²) in [6.07, 6.45) is 3.42. The number of halogens is 2. The highest BCUT2D eigenvalue weighted by Gasteiger charge is 2.24. The first-order valence-corrected chi connectivity index (χ1v) is 8.93. The van der Waals surface area contributed by atoms with E-state index in [-0.39, 0.29) is 29.7 Å². The summed E-state index contributed by atoms with van der Waals surface area (Å²) in [6.45, 7) is 1.55. The number of carbonyl (C=O) groups is 1. The first-order chi connectivity index (χ1) is 12.9. The molecule has 27 heavy (non-hydrogen) atoms. The fraction of sp³-hybridized carbons (Fsp3) is 0.474. The number of nitrogens with zero attached hydrogens (tertiary/aromatic N) is 3. The van der Waals surface area contributed by atoms with Crippen LogP contribution in [0.2, 0.25) is 0 Å². The second-order valence-electron chi connectivity index (χ2n) is 6.86. The Bertz CT molecular complexity index is 796. The van der Waals surface area contributed by atoms with Crippen LogP contribution in [-0.2, 0) is 6.61 Å². The molecule has 1 amide bonds. The van der Waals surface area contributed by atoms with Gasteiger partial charge in [0.25, 0.3) is 5.91 Å². The summed E-state index contributed by atoms with van der Waals surface area (Å²) in [5, 5.41) is 3.78. The average Bonchev–Trinajstić information content (AvgIpc) is 3.11. The van der Waals surface area contributed by atoms with Crippen molar-refractivity contribution < 1.29 is 22.8 Å². The van der Waals surface area contributed by atoms with Gasteiger partial charge in [0.15, 0.2) is 23.0 Å². The molecule has 1 atom stereocenters. The topological polar surface area (TPSA) is 58.8 Å². The summed E-state index contributed by atoms with van der Waals surface area (Å²) in [4.78, 5) is 16.5. The van der Waals surface area contributed by atoms with Crippen LogP contribution in [0.3, 0.4) is 0 Å². The standard InChI is InChI=1S/C19H23F2N3O3/c1-23-8-4-3-5-14(23)11-24(2)19(25)17-10-15(27-22-17)12-26-18-7-6-13(20)9-16(18)21/h6-7,9-10,14H,3-5,8,11-12H2,1-2H3. The number of piperidine rings is 1. The summed E-state index contributed by atoms with van der Waals surface area (Å²) >= 11 is 0. The van der Waals surface area contributed by atoms with Crippen LogP contribution in [0.25, 0.3) is 0 Å². The first-order valence-electron chi connectivity index (χ1n) is 8.93. The van der Waals surface area contributed by atoms with E-state index in [1.165, 1.54) is 25.0 Å². The van der Waals surface area contributed by atoms with Crippen molar-refractivity contribution in [3.8, 4) is 5.75 Å². The zero-order valence-electron chi connectivity index (χ0n) is 15.5. The van der Waals surface area contributed by atoms with E-state index in [2.05, 4.69) is 17.1 Å². The van der Waals surface area contributed by atoms with E-state index in [0.29, 0.717) is 12.6 Å². The van der Waals surface area contributed by atoms with Crippen LogP contribution in [-0.4, -0.2) is 54.1 Å².